The molecule has 1 aliphatic carbocycles. The average molecular weight is 313 g/mol. The molecule has 1 fully saturated rings. The number of benzene rings is 1. The Balaban J connectivity index is 0.00000180. The molecule has 1 aromatic carbocycles. The number of halogens is 3. The monoisotopic (exact) mass is 312 g/mol. The van der Waals surface area contributed by atoms with Gasteiger partial charge in [0, 0.05) is 12.6 Å². The zero-order chi connectivity index (χ0) is 13.3. The van der Waals surface area contributed by atoms with Gasteiger partial charge in [-0.25, -0.2) is 21.9 Å². The predicted octanol–water partition coefficient (Wildman–Crippen LogP) is 1.40. The second kappa shape index (κ2) is 6.13. The molecular weight excluding hydrogens is 298 g/mol. The van der Waals surface area contributed by atoms with Crippen LogP contribution in [0.4, 0.5) is 8.78 Å². The zero-order valence-electron chi connectivity index (χ0n) is 9.97. The van der Waals surface area contributed by atoms with E-state index in [9.17, 15) is 17.2 Å². The van der Waals surface area contributed by atoms with Crippen LogP contribution in [0.25, 0.3) is 0 Å². The van der Waals surface area contributed by atoms with Crippen LogP contribution in [0, 0.1) is 17.6 Å². The quantitative estimate of drug-likeness (QED) is 0.863. The molecule has 8 heteroatoms. The van der Waals surface area contributed by atoms with Crippen molar-refractivity contribution >= 4 is 22.4 Å². The minimum atomic E-state index is -4.06. The van der Waals surface area contributed by atoms with E-state index in [1.165, 1.54) is 0 Å². The Morgan fingerprint density at radius 2 is 2.00 bits per heavy atom. The lowest BCUT2D eigenvalue weighted by molar-refractivity contribution is 0.530. The van der Waals surface area contributed by atoms with Crippen LogP contribution in [-0.2, 0) is 10.0 Å². The Morgan fingerprint density at radius 3 is 2.58 bits per heavy atom. The van der Waals surface area contributed by atoms with Crippen LogP contribution in [0.15, 0.2) is 23.1 Å². The minimum absolute atomic E-state index is 0. The van der Waals surface area contributed by atoms with Crippen molar-refractivity contribution in [2.75, 3.05) is 6.54 Å². The molecule has 2 rings (SSSR count). The third-order valence-electron chi connectivity index (χ3n) is 2.92. The summed E-state index contributed by atoms with van der Waals surface area (Å²) in [6.45, 7) is 0.0307. The minimum Gasteiger partial charge on any atom is -0.326 e. The van der Waals surface area contributed by atoms with Crippen LogP contribution in [-0.4, -0.2) is 21.0 Å². The molecule has 0 amide bonds. The average Bonchev–Trinajstić information content (AvgIpc) is 3.13. The lowest BCUT2D eigenvalue weighted by Crippen LogP contribution is -2.38. The topological polar surface area (TPSA) is 72.2 Å². The van der Waals surface area contributed by atoms with E-state index in [-0.39, 0.29) is 25.0 Å². The van der Waals surface area contributed by atoms with Crippen molar-refractivity contribution in [1.82, 2.24) is 4.72 Å². The fraction of sp³-hybridized carbons (Fsp3) is 0.455. The molecule has 1 aliphatic rings. The fourth-order valence-corrected chi connectivity index (χ4v) is 2.82. The van der Waals surface area contributed by atoms with E-state index in [2.05, 4.69) is 4.72 Å². The lowest BCUT2D eigenvalue weighted by atomic mass is 10.2. The summed E-state index contributed by atoms with van der Waals surface area (Å²) < 4.78 is 52.0. The van der Waals surface area contributed by atoms with Gasteiger partial charge in [0.25, 0.3) is 0 Å². The van der Waals surface area contributed by atoms with Gasteiger partial charge in [0.05, 0.1) is 0 Å². The number of hydrogen-bond acceptors (Lipinski definition) is 3. The molecule has 4 nitrogen and oxygen atoms in total. The van der Waals surface area contributed by atoms with Crippen LogP contribution in [0.1, 0.15) is 12.8 Å². The maximum atomic E-state index is 13.3. The molecule has 3 N–H and O–H groups in total. The van der Waals surface area contributed by atoms with Gasteiger partial charge in [0.1, 0.15) is 16.5 Å². The largest absolute Gasteiger partial charge is 0.326 e. The van der Waals surface area contributed by atoms with E-state index in [0.717, 1.165) is 25.0 Å². The van der Waals surface area contributed by atoms with Crippen LogP contribution < -0.4 is 10.5 Å². The molecule has 1 aromatic rings. The van der Waals surface area contributed by atoms with Crippen molar-refractivity contribution in [2.24, 2.45) is 11.7 Å². The summed E-state index contributed by atoms with van der Waals surface area (Å²) in [5.74, 6) is -1.46. The van der Waals surface area contributed by atoms with Gasteiger partial charge in [-0.15, -0.1) is 12.4 Å². The highest BCUT2D eigenvalue weighted by molar-refractivity contribution is 7.89. The Bertz CT molecular complexity index is 550. The van der Waals surface area contributed by atoms with Gasteiger partial charge in [-0.05, 0) is 37.0 Å². The number of nitrogens with one attached hydrogen (secondary N) is 1. The van der Waals surface area contributed by atoms with E-state index >= 15 is 0 Å². The van der Waals surface area contributed by atoms with Crippen LogP contribution in [0.2, 0.25) is 0 Å². The molecular formula is C11H15ClF2N2O2S. The van der Waals surface area contributed by atoms with E-state index in [1.54, 1.807) is 0 Å². The molecule has 0 spiro atoms. The third-order valence-corrected chi connectivity index (χ3v) is 4.36. The summed E-state index contributed by atoms with van der Waals surface area (Å²) in [5.41, 5.74) is 5.74. The van der Waals surface area contributed by atoms with Crippen molar-refractivity contribution in [3.63, 3.8) is 0 Å². The van der Waals surface area contributed by atoms with Gasteiger partial charge in [0.2, 0.25) is 10.0 Å². The van der Waals surface area contributed by atoms with Crippen molar-refractivity contribution in [3.8, 4) is 0 Å². The van der Waals surface area contributed by atoms with Crippen LogP contribution >= 0.6 is 12.4 Å². The first-order valence-electron chi connectivity index (χ1n) is 5.60. The zero-order valence-corrected chi connectivity index (χ0v) is 11.6. The van der Waals surface area contributed by atoms with E-state index in [4.69, 9.17) is 5.73 Å². The van der Waals surface area contributed by atoms with E-state index in [0.29, 0.717) is 12.0 Å². The van der Waals surface area contributed by atoms with Crippen molar-refractivity contribution in [1.29, 1.82) is 0 Å². The second-order valence-corrected chi connectivity index (χ2v) is 6.16. The number of hydrogen-bond donors (Lipinski definition) is 2. The molecule has 1 atom stereocenters. The predicted molar refractivity (Wildman–Crippen MR) is 69.5 cm³/mol. The molecule has 0 radical (unpaired) electrons. The summed E-state index contributed by atoms with van der Waals surface area (Å²) in [7, 11) is -4.06. The van der Waals surface area contributed by atoms with Crippen LogP contribution in [0.3, 0.4) is 0 Å². The molecule has 0 bridgehead atoms. The summed E-state index contributed by atoms with van der Waals surface area (Å²) in [6.07, 6.45) is 1.97. The Labute approximate surface area is 116 Å². The van der Waals surface area contributed by atoms with Gasteiger partial charge in [-0.2, -0.15) is 0 Å². The molecule has 0 aliphatic heterocycles. The van der Waals surface area contributed by atoms with Gasteiger partial charge in [-0.1, -0.05) is 0 Å². The SMILES string of the molecule is Cl.NC(CNS(=O)(=O)c1cc(F)ccc1F)C1CC1. The number of nitrogens with two attached hydrogens (primary N) is 1. The second-order valence-electron chi connectivity index (χ2n) is 4.43. The summed E-state index contributed by atoms with van der Waals surface area (Å²) in [4.78, 5) is -0.689. The van der Waals surface area contributed by atoms with E-state index < -0.39 is 26.6 Å². The summed E-state index contributed by atoms with van der Waals surface area (Å²) in [5, 5.41) is 0. The summed E-state index contributed by atoms with van der Waals surface area (Å²) >= 11 is 0. The van der Waals surface area contributed by atoms with Crippen molar-refractivity contribution < 1.29 is 17.2 Å². The highest BCUT2D eigenvalue weighted by Gasteiger charge is 2.30. The number of rotatable bonds is 5. The maximum Gasteiger partial charge on any atom is 0.243 e. The van der Waals surface area contributed by atoms with Gasteiger partial charge < -0.3 is 5.73 Å². The molecule has 108 valence electrons. The smallest absolute Gasteiger partial charge is 0.243 e. The van der Waals surface area contributed by atoms with E-state index in [1.807, 2.05) is 0 Å². The Hall–Kier alpha value is -0.760. The molecule has 0 saturated heterocycles. The highest BCUT2D eigenvalue weighted by atomic mass is 35.5. The maximum absolute atomic E-state index is 13.3. The van der Waals surface area contributed by atoms with Gasteiger partial charge in [0.15, 0.2) is 0 Å². The highest BCUT2D eigenvalue weighted by Crippen LogP contribution is 2.31. The molecule has 0 heterocycles. The first-order chi connectivity index (χ1) is 8.40. The first kappa shape index (κ1) is 16.3. The number of sulfonamides is 1. The molecule has 0 aromatic heterocycles. The lowest BCUT2D eigenvalue weighted by Gasteiger charge is -2.12. The van der Waals surface area contributed by atoms with Crippen LogP contribution in [0.5, 0.6) is 0 Å². The molecule has 19 heavy (non-hydrogen) atoms. The van der Waals surface area contributed by atoms with Crippen molar-refractivity contribution in [2.45, 2.75) is 23.8 Å². The van der Waals surface area contributed by atoms with Crippen molar-refractivity contribution in [3.05, 3.63) is 29.8 Å². The van der Waals surface area contributed by atoms with Gasteiger partial charge >= 0.3 is 0 Å². The summed E-state index contributed by atoms with van der Waals surface area (Å²) in [6, 6.07) is 2.02. The van der Waals surface area contributed by atoms with Gasteiger partial charge in [-0.3, -0.25) is 0 Å². The first-order valence-corrected chi connectivity index (χ1v) is 7.09. The Kier molecular flexibility index (Phi) is 5.26. The normalized spacial score (nSPS) is 16.8. The molecule has 1 unspecified atom stereocenters. The molecule has 1 saturated carbocycles. The standard InChI is InChI=1S/C11H14F2N2O2S.ClH/c12-8-3-4-9(13)11(5-8)18(16,17)15-6-10(14)7-1-2-7;/h3-5,7,10,15H,1-2,6,14H2;1H. The fourth-order valence-electron chi connectivity index (χ4n) is 1.66. The third kappa shape index (κ3) is 4.10. The Morgan fingerprint density at radius 1 is 1.37 bits per heavy atom.